The summed E-state index contributed by atoms with van der Waals surface area (Å²) >= 11 is 0. The number of halogens is 1. The van der Waals surface area contributed by atoms with E-state index in [-0.39, 0.29) is 5.82 Å². The summed E-state index contributed by atoms with van der Waals surface area (Å²) < 4.78 is 19.0. The molecule has 2 rings (SSSR count). The largest absolute Gasteiger partial charge is 0.493 e. The van der Waals surface area contributed by atoms with E-state index in [1.54, 1.807) is 12.1 Å². The molecule has 0 saturated carbocycles. The molecule has 0 saturated heterocycles. The number of aliphatic hydroxyl groups is 1. The van der Waals surface area contributed by atoms with Crippen LogP contribution in [0.25, 0.3) is 0 Å². The molecule has 0 amide bonds. The van der Waals surface area contributed by atoms with Gasteiger partial charge in [-0.1, -0.05) is 37.3 Å². The smallest absolute Gasteiger partial charge is 0.125 e. The minimum Gasteiger partial charge on any atom is -0.493 e. The summed E-state index contributed by atoms with van der Waals surface area (Å²) in [6, 6.07) is 13.4. The summed E-state index contributed by atoms with van der Waals surface area (Å²) in [7, 11) is 0. The van der Waals surface area contributed by atoms with Gasteiger partial charge in [0.05, 0.1) is 6.61 Å². The Labute approximate surface area is 118 Å². The molecule has 2 aromatic carbocycles. The summed E-state index contributed by atoms with van der Waals surface area (Å²) in [6.07, 6.45) is 0.431. The van der Waals surface area contributed by atoms with Crippen LogP contribution in [-0.4, -0.2) is 11.7 Å². The van der Waals surface area contributed by atoms with Crippen molar-refractivity contribution in [3.05, 3.63) is 65.5 Å². The van der Waals surface area contributed by atoms with Gasteiger partial charge in [0.2, 0.25) is 0 Å². The van der Waals surface area contributed by atoms with Crippen molar-refractivity contribution in [2.24, 2.45) is 0 Å². The second-order valence-electron chi connectivity index (χ2n) is 4.65. The van der Waals surface area contributed by atoms with Gasteiger partial charge in [0.15, 0.2) is 0 Å². The lowest BCUT2D eigenvalue weighted by Crippen LogP contribution is -2.27. The normalized spacial score (nSPS) is 13.8. The fourth-order valence-electron chi connectivity index (χ4n) is 2.39. The first-order valence-corrected chi connectivity index (χ1v) is 6.82. The summed E-state index contributed by atoms with van der Waals surface area (Å²) in [6.45, 7) is 4.28. The van der Waals surface area contributed by atoms with E-state index in [0.29, 0.717) is 29.9 Å². The van der Waals surface area contributed by atoms with Crippen LogP contribution in [0.3, 0.4) is 0 Å². The van der Waals surface area contributed by atoms with Crippen molar-refractivity contribution in [3.8, 4) is 5.75 Å². The molecule has 0 radical (unpaired) electrons. The van der Waals surface area contributed by atoms with E-state index in [9.17, 15) is 9.50 Å². The van der Waals surface area contributed by atoms with Gasteiger partial charge >= 0.3 is 0 Å². The van der Waals surface area contributed by atoms with E-state index < -0.39 is 5.60 Å². The first-order chi connectivity index (χ1) is 9.61. The van der Waals surface area contributed by atoms with Gasteiger partial charge < -0.3 is 9.84 Å². The van der Waals surface area contributed by atoms with Crippen LogP contribution in [0.15, 0.2) is 48.5 Å². The predicted molar refractivity (Wildman–Crippen MR) is 77.3 cm³/mol. The molecule has 1 N–H and O–H groups in total. The third kappa shape index (κ3) is 2.68. The van der Waals surface area contributed by atoms with E-state index in [1.165, 1.54) is 12.1 Å². The first kappa shape index (κ1) is 14.5. The average Bonchev–Trinajstić information content (AvgIpc) is 2.47. The zero-order valence-corrected chi connectivity index (χ0v) is 11.8. The lowest BCUT2D eigenvalue weighted by Gasteiger charge is -2.29. The molecule has 0 aliphatic heterocycles. The number of rotatable bonds is 5. The van der Waals surface area contributed by atoms with Gasteiger partial charge in [-0.3, -0.25) is 0 Å². The van der Waals surface area contributed by atoms with Crippen molar-refractivity contribution in [2.45, 2.75) is 25.9 Å². The monoisotopic (exact) mass is 274 g/mol. The van der Waals surface area contributed by atoms with Crippen molar-refractivity contribution in [1.29, 1.82) is 0 Å². The maximum atomic E-state index is 13.5. The van der Waals surface area contributed by atoms with Crippen LogP contribution in [0.1, 0.15) is 31.4 Å². The van der Waals surface area contributed by atoms with E-state index >= 15 is 0 Å². The SMILES string of the molecule is CCOc1ccccc1C(O)(CC)c1cccc(F)c1. The molecule has 0 aromatic heterocycles. The number of hydrogen-bond acceptors (Lipinski definition) is 2. The molecule has 3 heteroatoms. The molecule has 0 heterocycles. The number of para-hydroxylation sites is 1. The van der Waals surface area contributed by atoms with Gasteiger partial charge in [0, 0.05) is 5.56 Å². The zero-order valence-electron chi connectivity index (χ0n) is 11.8. The molecule has 0 spiro atoms. The van der Waals surface area contributed by atoms with Gasteiger partial charge in [-0.25, -0.2) is 4.39 Å². The highest BCUT2D eigenvalue weighted by Gasteiger charge is 2.32. The summed E-state index contributed by atoms with van der Waals surface area (Å²) in [5.41, 5.74) is -0.0597. The Hall–Kier alpha value is -1.87. The Balaban J connectivity index is 2.56. The maximum absolute atomic E-state index is 13.5. The van der Waals surface area contributed by atoms with E-state index in [1.807, 2.05) is 38.1 Å². The molecule has 2 nitrogen and oxygen atoms in total. The lowest BCUT2D eigenvalue weighted by atomic mass is 9.83. The molecule has 1 atom stereocenters. The van der Waals surface area contributed by atoms with Gasteiger partial charge in [0.1, 0.15) is 17.2 Å². The highest BCUT2D eigenvalue weighted by molar-refractivity contribution is 5.44. The third-order valence-electron chi connectivity index (χ3n) is 3.45. The van der Waals surface area contributed by atoms with Crippen LogP contribution in [-0.2, 0) is 5.60 Å². The Bertz CT molecular complexity index is 583. The Kier molecular flexibility index (Phi) is 4.40. The third-order valence-corrected chi connectivity index (χ3v) is 3.45. The van der Waals surface area contributed by atoms with Crippen LogP contribution >= 0.6 is 0 Å². The molecule has 2 aromatic rings. The maximum Gasteiger partial charge on any atom is 0.125 e. The van der Waals surface area contributed by atoms with Crippen LogP contribution in [0.5, 0.6) is 5.75 Å². The molecule has 0 aliphatic carbocycles. The van der Waals surface area contributed by atoms with Crippen LogP contribution in [0, 0.1) is 5.82 Å². The van der Waals surface area contributed by atoms with Crippen LogP contribution in [0.4, 0.5) is 4.39 Å². The molecule has 0 bridgehead atoms. The van der Waals surface area contributed by atoms with Crippen molar-refractivity contribution < 1.29 is 14.2 Å². The Morgan fingerprint density at radius 1 is 1.10 bits per heavy atom. The molecular formula is C17H19FO2. The summed E-state index contributed by atoms with van der Waals surface area (Å²) in [5.74, 6) is 0.270. The lowest BCUT2D eigenvalue weighted by molar-refractivity contribution is 0.0726. The fourth-order valence-corrected chi connectivity index (χ4v) is 2.39. The average molecular weight is 274 g/mol. The highest BCUT2D eigenvalue weighted by atomic mass is 19.1. The summed E-state index contributed by atoms with van der Waals surface area (Å²) in [4.78, 5) is 0. The second kappa shape index (κ2) is 6.06. The first-order valence-electron chi connectivity index (χ1n) is 6.82. The van der Waals surface area contributed by atoms with E-state index in [0.717, 1.165) is 0 Å². The molecule has 106 valence electrons. The topological polar surface area (TPSA) is 29.5 Å². The molecule has 1 unspecified atom stereocenters. The van der Waals surface area contributed by atoms with Crippen molar-refractivity contribution in [2.75, 3.05) is 6.61 Å². The predicted octanol–water partition coefficient (Wildman–Crippen LogP) is 3.87. The molecular weight excluding hydrogens is 255 g/mol. The molecule has 20 heavy (non-hydrogen) atoms. The standard InChI is InChI=1S/C17H19FO2/c1-3-17(19,13-8-7-9-14(18)12-13)15-10-5-6-11-16(15)20-4-2/h5-12,19H,3-4H2,1-2H3. The Morgan fingerprint density at radius 2 is 1.85 bits per heavy atom. The molecule has 0 aliphatic rings. The van der Waals surface area contributed by atoms with Crippen molar-refractivity contribution in [3.63, 3.8) is 0 Å². The van der Waals surface area contributed by atoms with E-state index in [2.05, 4.69) is 0 Å². The minimum absolute atomic E-state index is 0.358. The van der Waals surface area contributed by atoms with Crippen molar-refractivity contribution >= 4 is 0 Å². The Morgan fingerprint density at radius 3 is 2.50 bits per heavy atom. The van der Waals surface area contributed by atoms with Crippen LogP contribution < -0.4 is 4.74 Å². The quantitative estimate of drug-likeness (QED) is 0.896. The number of benzene rings is 2. The fraction of sp³-hybridized carbons (Fsp3) is 0.294. The zero-order chi connectivity index (χ0) is 14.6. The highest BCUT2D eigenvalue weighted by Crippen LogP contribution is 2.38. The van der Waals surface area contributed by atoms with Crippen molar-refractivity contribution in [1.82, 2.24) is 0 Å². The van der Waals surface area contributed by atoms with Gasteiger partial charge in [0.25, 0.3) is 0 Å². The minimum atomic E-state index is -1.26. The second-order valence-corrected chi connectivity index (χ2v) is 4.65. The van der Waals surface area contributed by atoms with Gasteiger partial charge in [-0.15, -0.1) is 0 Å². The summed E-state index contributed by atoms with van der Waals surface area (Å²) in [5, 5.41) is 11.0. The van der Waals surface area contributed by atoms with E-state index in [4.69, 9.17) is 4.74 Å². The van der Waals surface area contributed by atoms with Gasteiger partial charge in [-0.2, -0.15) is 0 Å². The number of hydrogen-bond donors (Lipinski definition) is 1. The number of ether oxygens (including phenoxy) is 1. The molecule has 0 fully saturated rings. The van der Waals surface area contributed by atoms with Crippen LogP contribution in [0.2, 0.25) is 0 Å². The van der Waals surface area contributed by atoms with Gasteiger partial charge in [-0.05, 0) is 37.1 Å².